The van der Waals surface area contributed by atoms with Gasteiger partial charge in [-0.15, -0.1) is 5.10 Å². The van der Waals surface area contributed by atoms with Crippen LogP contribution in [0.15, 0.2) is 24.3 Å². The summed E-state index contributed by atoms with van der Waals surface area (Å²) in [5, 5.41) is 8.09. The van der Waals surface area contributed by atoms with Gasteiger partial charge in [0.25, 0.3) is 0 Å². The molecule has 15 heavy (non-hydrogen) atoms. The van der Waals surface area contributed by atoms with E-state index in [1.54, 1.807) is 13.1 Å². The number of rotatable bonds is 2. The number of hydrogen-bond donors (Lipinski definition) is 0. The third kappa shape index (κ3) is 1.64. The summed E-state index contributed by atoms with van der Waals surface area (Å²) in [6.07, 6.45) is 0.672. The monoisotopic (exact) mass is 221 g/mol. The van der Waals surface area contributed by atoms with Crippen molar-refractivity contribution in [2.45, 2.75) is 0 Å². The van der Waals surface area contributed by atoms with Gasteiger partial charge >= 0.3 is 0 Å². The summed E-state index contributed by atoms with van der Waals surface area (Å²) in [7, 11) is 1.72. The van der Waals surface area contributed by atoms with Gasteiger partial charge in [-0.1, -0.05) is 35.0 Å². The maximum atomic E-state index is 10.8. The third-order valence-corrected chi connectivity index (χ3v) is 2.42. The smallest absolute Gasteiger partial charge is 0.172 e. The first-order valence-corrected chi connectivity index (χ1v) is 4.71. The Balaban J connectivity index is 2.68. The lowest BCUT2D eigenvalue weighted by Gasteiger charge is -2.03. The molecule has 0 bridgehead atoms. The van der Waals surface area contributed by atoms with Crippen LogP contribution in [0, 0.1) is 0 Å². The zero-order valence-corrected chi connectivity index (χ0v) is 8.77. The van der Waals surface area contributed by atoms with Gasteiger partial charge in [0.1, 0.15) is 5.69 Å². The second-order valence-corrected chi connectivity index (χ2v) is 3.45. The highest BCUT2D eigenvalue weighted by Gasteiger charge is 2.14. The molecule has 0 amide bonds. The number of aryl methyl sites for hydroxylation is 1. The van der Waals surface area contributed by atoms with Crippen molar-refractivity contribution in [3.63, 3.8) is 0 Å². The third-order valence-electron chi connectivity index (χ3n) is 2.09. The highest BCUT2D eigenvalue weighted by atomic mass is 35.5. The zero-order chi connectivity index (χ0) is 10.8. The Labute approximate surface area is 91.5 Å². The molecule has 0 saturated heterocycles. The summed E-state index contributed by atoms with van der Waals surface area (Å²) >= 11 is 6.03. The minimum Gasteiger partial charge on any atom is -0.296 e. The Morgan fingerprint density at radius 2 is 2.13 bits per heavy atom. The van der Waals surface area contributed by atoms with E-state index in [1.807, 2.05) is 18.2 Å². The summed E-state index contributed by atoms with van der Waals surface area (Å²) in [5.41, 5.74) is 1.69. The molecular formula is C10H8ClN3O. The van der Waals surface area contributed by atoms with Crippen molar-refractivity contribution in [1.82, 2.24) is 15.0 Å². The summed E-state index contributed by atoms with van der Waals surface area (Å²) in [5.74, 6) is 0. The van der Waals surface area contributed by atoms with E-state index in [4.69, 9.17) is 11.6 Å². The van der Waals surface area contributed by atoms with E-state index < -0.39 is 0 Å². The predicted octanol–water partition coefficient (Wildman–Crippen LogP) is 1.95. The van der Waals surface area contributed by atoms with Crippen LogP contribution in [-0.4, -0.2) is 21.3 Å². The van der Waals surface area contributed by atoms with Crippen LogP contribution >= 0.6 is 11.6 Å². The fraction of sp³-hybridized carbons (Fsp3) is 0.100. The lowest BCUT2D eigenvalue weighted by molar-refractivity contribution is 0.111. The first-order valence-electron chi connectivity index (χ1n) is 4.34. The molecule has 0 unspecified atom stereocenters. The Kier molecular flexibility index (Phi) is 2.51. The van der Waals surface area contributed by atoms with Crippen molar-refractivity contribution >= 4 is 17.9 Å². The number of hydrogen-bond acceptors (Lipinski definition) is 3. The van der Waals surface area contributed by atoms with Crippen molar-refractivity contribution in [3.05, 3.63) is 35.0 Å². The molecule has 0 N–H and O–H groups in total. The lowest BCUT2D eigenvalue weighted by atomic mass is 10.1. The predicted molar refractivity (Wildman–Crippen MR) is 56.8 cm³/mol. The van der Waals surface area contributed by atoms with Crippen LogP contribution in [-0.2, 0) is 7.05 Å². The number of halogens is 1. The van der Waals surface area contributed by atoms with Crippen LogP contribution < -0.4 is 0 Å². The maximum Gasteiger partial charge on any atom is 0.172 e. The van der Waals surface area contributed by atoms with Crippen LogP contribution in [0.2, 0.25) is 5.02 Å². The molecule has 2 rings (SSSR count). The number of aldehydes is 1. The SMILES string of the molecule is Cn1nnc(C=O)c1-c1ccccc1Cl. The van der Waals surface area contributed by atoms with Gasteiger partial charge in [0.2, 0.25) is 0 Å². The Morgan fingerprint density at radius 1 is 1.40 bits per heavy atom. The van der Waals surface area contributed by atoms with Gasteiger partial charge in [-0.3, -0.25) is 4.79 Å². The van der Waals surface area contributed by atoms with E-state index in [1.165, 1.54) is 4.68 Å². The van der Waals surface area contributed by atoms with Gasteiger partial charge in [0, 0.05) is 12.6 Å². The number of carbonyl (C=O) groups is 1. The second kappa shape index (κ2) is 3.82. The molecule has 0 aliphatic carbocycles. The van der Waals surface area contributed by atoms with E-state index in [2.05, 4.69) is 10.3 Å². The van der Waals surface area contributed by atoms with Gasteiger partial charge in [0.05, 0.1) is 5.02 Å². The second-order valence-electron chi connectivity index (χ2n) is 3.04. The highest BCUT2D eigenvalue weighted by molar-refractivity contribution is 6.33. The van der Waals surface area contributed by atoms with Crippen LogP contribution in [0.5, 0.6) is 0 Å². The van der Waals surface area contributed by atoms with Gasteiger partial charge in [-0.25, -0.2) is 4.68 Å². The highest BCUT2D eigenvalue weighted by Crippen LogP contribution is 2.27. The van der Waals surface area contributed by atoms with E-state index in [9.17, 15) is 4.79 Å². The number of aromatic nitrogens is 3. The molecule has 0 aliphatic rings. The van der Waals surface area contributed by atoms with Gasteiger partial charge in [-0.05, 0) is 6.07 Å². The fourth-order valence-corrected chi connectivity index (χ4v) is 1.64. The number of carbonyl (C=O) groups excluding carboxylic acids is 1. The summed E-state index contributed by atoms with van der Waals surface area (Å²) in [4.78, 5) is 10.8. The minimum atomic E-state index is 0.297. The van der Waals surface area contributed by atoms with Crippen LogP contribution in [0.1, 0.15) is 10.5 Å². The van der Waals surface area contributed by atoms with Crippen molar-refractivity contribution < 1.29 is 4.79 Å². The topological polar surface area (TPSA) is 47.8 Å². The molecule has 1 aromatic heterocycles. The molecule has 0 aliphatic heterocycles. The van der Waals surface area contributed by atoms with Crippen LogP contribution in [0.3, 0.4) is 0 Å². The maximum absolute atomic E-state index is 10.8. The Bertz CT molecular complexity index is 507. The first kappa shape index (κ1) is 9.86. The van der Waals surface area contributed by atoms with E-state index in [-0.39, 0.29) is 0 Å². The Hall–Kier alpha value is -1.68. The first-order chi connectivity index (χ1) is 7.24. The molecule has 1 aromatic carbocycles. The summed E-state index contributed by atoms with van der Waals surface area (Å²) in [6, 6.07) is 7.27. The summed E-state index contributed by atoms with van der Waals surface area (Å²) in [6.45, 7) is 0. The van der Waals surface area contributed by atoms with Crippen molar-refractivity contribution in [3.8, 4) is 11.3 Å². The molecule has 0 saturated carbocycles. The normalized spacial score (nSPS) is 10.3. The van der Waals surface area contributed by atoms with Crippen LogP contribution in [0.25, 0.3) is 11.3 Å². The van der Waals surface area contributed by atoms with Gasteiger partial charge < -0.3 is 0 Å². The minimum absolute atomic E-state index is 0.297. The summed E-state index contributed by atoms with van der Waals surface area (Å²) < 4.78 is 1.53. The molecule has 4 nitrogen and oxygen atoms in total. The average Bonchev–Trinajstić information content (AvgIpc) is 2.60. The van der Waals surface area contributed by atoms with Gasteiger partial charge in [-0.2, -0.15) is 0 Å². The van der Waals surface area contributed by atoms with E-state index >= 15 is 0 Å². The molecule has 0 spiro atoms. The molecule has 1 heterocycles. The molecule has 0 fully saturated rings. The van der Waals surface area contributed by atoms with E-state index in [0.29, 0.717) is 22.7 Å². The molecular weight excluding hydrogens is 214 g/mol. The number of nitrogens with zero attached hydrogens (tertiary/aromatic N) is 3. The zero-order valence-electron chi connectivity index (χ0n) is 8.01. The lowest BCUT2D eigenvalue weighted by Crippen LogP contribution is -1.95. The number of benzene rings is 1. The largest absolute Gasteiger partial charge is 0.296 e. The standard InChI is InChI=1S/C10H8ClN3O/c1-14-10(9(6-15)12-13-14)7-4-2-3-5-8(7)11/h2-6H,1H3. The molecule has 0 radical (unpaired) electrons. The quantitative estimate of drug-likeness (QED) is 0.729. The molecule has 5 heteroatoms. The van der Waals surface area contributed by atoms with E-state index in [0.717, 1.165) is 5.56 Å². The van der Waals surface area contributed by atoms with Crippen molar-refractivity contribution in [2.75, 3.05) is 0 Å². The van der Waals surface area contributed by atoms with Gasteiger partial charge in [0.15, 0.2) is 12.0 Å². The molecule has 76 valence electrons. The molecule has 0 atom stereocenters. The average molecular weight is 222 g/mol. The Morgan fingerprint density at radius 3 is 2.80 bits per heavy atom. The van der Waals surface area contributed by atoms with Crippen LogP contribution in [0.4, 0.5) is 0 Å². The van der Waals surface area contributed by atoms with Crippen molar-refractivity contribution in [2.24, 2.45) is 7.05 Å². The van der Waals surface area contributed by atoms with Crippen molar-refractivity contribution in [1.29, 1.82) is 0 Å². The molecule has 2 aromatic rings. The fourth-order valence-electron chi connectivity index (χ4n) is 1.42.